The molecule has 1 aliphatic rings. The van der Waals surface area contributed by atoms with Crippen LogP contribution >= 0.6 is 0 Å². The van der Waals surface area contributed by atoms with Gasteiger partial charge in [0.05, 0.1) is 17.0 Å². The summed E-state index contributed by atoms with van der Waals surface area (Å²) in [6.07, 6.45) is -0.456. The lowest BCUT2D eigenvalue weighted by Crippen LogP contribution is -2.47. The first-order valence-corrected chi connectivity index (χ1v) is 13.8. The minimum atomic E-state index is -0.972. The van der Waals surface area contributed by atoms with Crippen LogP contribution < -0.4 is 10.1 Å². The van der Waals surface area contributed by atoms with Gasteiger partial charge in [0.2, 0.25) is 0 Å². The van der Waals surface area contributed by atoms with E-state index in [1.54, 1.807) is 37.8 Å². The molecular weight excluding hydrogens is 538 g/mol. The fourth-order valence-corrected chi connectivity index (χ4v) is 5.39. The highest BCUT2D eigenvalue weighted by atomic mass is 16.6. The summed E-state index contributed by atoms with van der Waals surface area (Å²) in [5.41, 5.74) is 1.62. The molecule has 0 aromatic heterocycles. The molecular formula is C32H37N3O7. The second-order valence-electron chi connectivity index (χ2n) is 12.5. The van der Waals surface area contributed by atoms with E-state index in [0.717, 1.165) is 5.56 Å². The summed E-state index contributed by atoms with van der Waals surface area (Å²) < 4.78 is 11.1. The van der Waals surface area contributed by atoms with E-state index in [4.69, 9.17) is 9.47 Å². The van der Waals surface area contributed by atoms with E-state index < -0.39 is 34.2 Å². The maximum atomic E-state index is 12.7. The van der Waals surface area contributed by atoms with Crippen molar-refractivity contribution in [3.8, 4) is 11.5 Å². The topological polar surface area (TPSA) is 131 Å². The minimum Gasteiger partial charge on any atom is -0.465 e. The number of carbonyl (C=O) groups excluding carboxylic acids is 1. The second-order valence-corrected chi connectivity index (χ2v) is 12.5. The number of carbonyl (C=O) groups is 2. The molecule has 2 amide bonds. The number of carboxylic acid groups (broad SMARTS) is 1. The summed E-state index contributed by atoms with van der Waals surface area (Å²) in [6, 6.07) is 18.7. The van der Waals surface area contributed by atoms with Crippen LogP contribution in [0.25, 0.3) is 0 Å². The SMILES string of the molecule is CC(C)(C)OC(=O)Nc1ccc(Oc2ccc(C(N(C(=O)O)C3Cc4ccccc4C3)C(C)(C)C)cc2)cc1[N+](=O)[O-]. The van der Waals surface area contributed by atoms with Gasteiger partial charge in [-0.3, -0.25) is 20.3 Å². The average Bonchev–Trinajstić information content (AvgIpc) is 3.30. The third-order valence-electron chi connectivity index (χ3n) is 6.98. The number of nitro benzene ring substituents is 1. The van der Waals surface area contributed by atoms with Gasteiger partial charge in [-0.25, -0.2) is 9.59 Å². The smallest absolute Gasteiger partial charge is 0.412 e. The fourth-order valence-electron chi connectivity index (χ4n) is 5.39. The Balaban J connectivity index is 1.55. The summed E-state index contributed by atoms with van der Waals surface area (Å²) in [7, 11) is 0. The summed E-state index contributed by atoms with van der Waals surface area (Å²) >= 11 is 0. The van der Waals surface area contributed by atoms with Crippen LogP contribution in [0.5, 0.6) is 11.5 Å². The highest BCUT2D eigenvalue weighted by Gasteiger charge is 2.41. The molecule has 0 saturated carbocycles. The first-order valence-electron chi connectivity index (χ1n) is 13.8. The quantitative estimate of drug-likeness (QED) is 0.216. The van der Waals surface area contributed by atoms with Crippen molar-refractivity contribution in [1.29, 1.82) is 0 Å². The van der Waals surface area contributed by atoms with Crippen LogP contribution in [-0.2, 0) is 17.6 Å². The van der Waals surface area contributed by atoms with Crippen LogP contribution in [0.4, 0.5) is 21.0 Å². The molecule has 222 valence electrons. The van der Waals surface area contributed by atoms with Gasteiger partial charge in [-0.2, -0.15) is 0 Å². The van der Waals surface area contributed by atoms with Gasteiger partial charge in [-0.1, -0.05) is 57.2 Å². The number of fused-ring (bicyclic) bond motifs is 1. The molecule has 0 radical (unpaired) electrons. The molecule has 0 aliphatic heterocycles. The van der Waals surface area contributed by atoms with Crippen LogP contribution in [-0.4, -0.2) is 38.8 Å². The third-order valence-corrected chi connectivity index (χ3v) is 6.98. The normalized spacial score (nSPS) is 14.0. The predicted molar refractivity (Wildman–Crippen MR) is 159 cm³/mol. The Morgan fingerprint density at radius 3 is 2.02 bits per heavy atom. The summed E-state index contributed by atoms with van der Waals surface area (Å²) in [6.45, 7) is 11.1. The molecule has 2 N–H and O–H groups in total. The molecule has 4 rings (SSSR count). The van der Waals surface area contributed by atoms with E-state index in [0.29, 0.717) is 18.6 Å². The number of nitrogens with zero attached hydrogens (tertiary/aromatic N) is 2. The molecule has 10 heteroatoms. The molecule has 42 heavy (non-hydrogen) atoms. The highest BCUT2D eigenvalue weighted by Crippen LogP contribution is 2.42. The Bertz CT molecular complexity index is 1450. The lowest BCUT2D eigenvalue weighted by Gasteiger charge is -2.42. The Morgan fingerprint density at radius 2 is 1.52 bits per heavy atom. The Hall–Kier alpha value is -4.60. The van der Waals surface area contributed by atoms with Crippen LogP contribution in [0.3, 0.4) is 0 Å². The van der Waals surface area contributed by atoms with Crippen molar-refractivity contribution in [2.45, 2.75) is 72.1 Å². The van der Waals surface area contributed by atoms with Gasteiger partial charge in [0, 0.05) is 6.04 Å². The molecule has 1 atom stereocenters. The predicted octanol–water partition coefficient (Wildman–Crippen LogP) is 7.97. The van der Waals surface area contributed by atoms with Gasteiger partial charge >= 0.3 is 12.2 Å². The number of nitrogens with one attached hydrogen (secondary N) is 1. The second kappa shape index (κ2) is 11.7. The van der Waals surface area contributed by atoms with Crippen LogP contribution in [0.15, 0.2) is 66.7 Å². The third kappa shape index (κ3) is 7.18. The molecule has 0 fully saturated rings. The molecule has 0 saturated heterocycles. The zero-order valence-electron chi connectivity index (χ0n) is 24.7. The molecule has 1 unspecified atom stereocenters. The van der Waals surface area contributed by atoms with Crippen molar-refractivity contribution in [3.05, 3.63) is 93.5 Å². The maximum Gasteiger partial charge on any atom is 0.412 e. The van der Waals surface area contributed by atoms with Crippen LogP contribution in [0.2, 0.25) is 0 Å². The van der Waals surface area contributed by atoms with Crippen LogP contribution in [0.1, 0.15) is 64.3 Å². The Kier molecular flexibility index (Phi) is 8.47. The van der Waals surface area contributed by atoms with E-state index in [1.807, 2.05) is 45.0 Å². The van der Waals surface area contributed by atoms with E-state index in [2.05, 4.69) is 17.4 Å². The number of rotatable bonds is 7. The number of ether oxygens (including phenoxy) is 2. The first-order chi connectivity index (χ1) is 19.6. The van der Waals surface area contributed by atoms with Crippen molar-refractivity contribution < 1.29 is 29.1 Å². The van der Waals surface area contributed by atoms with E-state index in [-0.39, 0.29) is 23.2 Å². The van der Waals surface area contributed by atoms with E-state index in [9.17, 15) is 24.8 Å². The Labute approximate surface area is 245 Å². The molecule has 3 aromatic carbocycles. The highest BCUT2D eigenvalue weighted by molar-refractivity contribution is 5.88. The van der Waals surface area contributed by atoms with Gasteiger partial charge in [-0.05, 0) is 80.0 Å². The van der Waals surface area contributed by atoms with Gasteiger partial charge in [0.15, 0.2) is 0 Å². The summed E-state index contributed by atoms with van der Waals surface area (Å²) in [5, 5.41) is 24.5. The zero-order chi connectivity index (χ0) is 30.8. The van der Waals surface area contributed by atoms with Gasteiger partial charge < -0.3 is 14.6 Å². The number of nitro groups is 1. The maximum absolute atomic E-state index is 12.7. The number of amides is 2. The standard InChI is InChI=1S/C32H37N3O7/c1-31(2,3)28(34(30(37)38)23-17-21-9-7-8-10-22(21)18-23)20-11-13-24(14-12-20)41-25-15-16-26(27(19-25)35(39)40)33-29(36)42-32(4,5)6/h7-16,19,23,28H,17-18H2,1-6H3,(H,33,36)(H,37,38). The fraction of sp³-hybridized carbons (Fsp3) is 0.375. The van der Waals surface area contributed by atoms with Gasteiger partial charge in [0.25, 0.3) is 5.69 Å². The largest absolute Gasteiger partial charge is 0.465 e. The number of benzene rings is 3. The molecule has 1 aliphatic carbocycles. The Morgan fingerprint density at radius 1 is 0.952 bits per heavy atom. The van der Waals surface area contributed by atoms with Gasteiger partial charge in [0.1, 0.15) is 22.8 Å². The van der Waals surface area contributed by atoms with Crippen LogP contribution in [0, 0.1) is 15.5 Å². The van der Waals surface area contributed by atoms with E-state index >= 15 is 0 Å². The molecule has 0 bridgehead atoms. The lowest BCUT2D eigenvalue weighted by atomic mass is 9.80. The van der Waals surface area contributed by atoms with Crippen molar-refractivity contribution in [2.75, 3.05) is 5.32 Å². The molecule has 0 spiro atoms. The summed E-state index contributed by atoms with van der Waals surface area (Å²) in [4.78, 5) is 37.5. The van der Waals surface area contributed by atoms with Crippen molar-refractivity contribution in [2.24, 2.45) is 5.41 Å². The molecule has 3 aromatic rings. The molecule has 10 nitrogen and oxygen atoms in total. The van der Waals surface area contributed by atoms with Crippen molar-refractivity contribution in [1.82, 2.24) is 4.90 Å². The first kappa shape index (κ1) is 30.4. The molecule has 0 heterocycles. The van der Waals surface area contributed by atoms with Crippen molar-refractivity contribution in [3.63, 3.8) is 0 Å². The average molecular weight is 576 g/mol. The minimum absolute atomic E-state index is 0.0206. The number of anilines is 1. The zero-order valence-corrected chi connectivity index (χ0v) is 24.7. The van der Waals surface area contributed by atoms with Crippen molar-refractivity contribution >= 4 is 23.6 Å². The lowest BCUT2D eigenvalue weighted by molar-refractivity contribution is -0.384. The monoisotopic (exact) mass is 575 g/mol. The van der Waals surface area contributed by atoms with E-state index in [1.165, 1.54) is 29.3 Å². The number of hydrogen-bond acceptors (Lipinski definition) is 6. The van der Waals surface area contributed by atoms with Gasteiger partial charge in [-0.15, -0.1) is 0 Å². The number of hydrogen-bond donors (Lipinski definition) is 2. The summed E-state index contributed by atoms with van der Waals surface area (Å²) in [5.74, 6) is 0.621.